The van der Waals surface area contributed by atoms with E-state index in [4.69, 9.17) is 11.6 Å². The molecular weight excluding hydrogens is 422 g/mol. The first kappa shape index (κ1) is 19.1. The predicted molar refractivity (Wildman–Crippen MR) is 102 cm³/mol. The number of benzene rings is 2. The van der Waals surface area contributed by atoms with Gasteiger partial charge in [-0.05, 0) is 30.3 Å². The van der Waals surface area contributed by atoms with Crippen LogP contribution < -0.4 is 5.32 Å². The molecule has 0 aliphatic carbocycles. The van der Waals surface area contributed by atoms with Crippen LogP contribution in [0.15, 0.2) is 47.8 Å². The highest BCUT2D eigenvalue weighted by Crippen LogP contribution is 2.27. The second-order valence-electron chi connectivity index (χ2n) is 5.89. The number of rotatable bonds is 5. The van der Waals surface area contributed by atoms with Gasteiger partial charge in [0.2, 0.25) is 5.82 Å². The van der Waals surface area contributed by atoms with Crippen LogP contribution in [0.3, 0.4) is 0 Å². The van der Waals surface area contributed by atoms with Gasteiger partial charge in [-0.15, -0.1) is 21.5 Å². The number of nitrogens with zero attached hydrogens (tertiary/aromatic N) is 4. The molecule has 0 saturated carbocycles. The Morgan fingerprint density at radius 1 is 1.21 bits per heavy atom. The Hall–Kier alpha value is -3.24. The first-order chi connectivity index (χ1) is 14.0. The fourth-order valence-electron chi connectivity index (χ4n) is 2.65. The van der Waals surface area contributed by atoms with Gasteiger partial charge < -0.3 is 5.32 Å². The zero-order chi connectivity index (χ0) is 20.4. The maximum atomic E-state index is 14.3. The molecule has 0 radical (unpaired) electrons. The molecule has 0 aliphatic heterocycles. The molecule has 2 aromatic carbocycles. The van der Waals surface area contributed by atoms with E-state index < -0.39 is 23.6 Å². The number of thiazole rings is 1. The molecule has 1 amide bonds. The van der Waals surface area contributed by atoms with Gasteiger partial charge >= 0.3 is 0 Å². The summed E-state index contributed by atoms with van der Waals surface area (Å²) in [7, 11) is 0. The molecule has 1 atom stereocenters. The highest BCUT2D eigenvalue weighted by molar-refractivity contribution is 7.13. The molecule has 146 valence electrons. The van der Waals surface area contributed by atoms with Crippen molar-refractivity contribution in [2.24, 2.45) is 0 Å². The number of halogens is 3. The van der Waals surface area contributed by atoms with Crippen molar-refractivity contribution in [2.75, 3.05) is 0 Å². The molecule has 0 unspecified atom stereocenters. The Morgan fingerprint density at radius 3 is 2.83 bits per heavy atom. The number of carbonyl (C=O) groups excluding carboxylic acids is 1. The Labute approximate surface area is 171 Å². The lowest BCUT2D eigenvalue weighted by Crippen LogP contribution is -2.31. The number of amides is 1. The molecule has 2 N–H and O–H groups in total. The van der Waals surface area contributed by atoms with Gasteiger partial charge in [0, 0.05) is 21.5 Å². The third-order valence-electron chi connectivity index (χ3n) is 3.97. The average molecular weight is 433 g/mol. The van der Waals surface area contributed by atoms with E-state index >= 15 is 0 Å². The number of tetrazole rings is 1. The Balaban J connectivity index is 1.63. The van der Waals surface area contributed by atoms with Crippen molar-refractivity contribution in [3.05, 3.63) is 81.6 Å². The van der Waals surface area contributed by atoms with Crippen molar-refractivity contribution in [1.82, 2.24) is 30.9 Å². The van der Waals surface area contributed by atoms with E-state index in [2.05, 4.69) is 30.9 Å². The summed E-state index contributed by atoms with van der Waals surface area (Å²) in [6.45, 7) is 0. The van der Waals surface area contributed by atoms with Crippen molar-refractivity contribution < 1.29 is 13.6 Å². The maximum absolute atomic E-state index is 14.3. The van der Waals surface area contributed by atoms with E-state index in [1.165, 1.54) is 11.3 Å². The first-order valence-electron chi connectivity index (χ1n) is 8.22. The number of aromatic amines is 1. The summed E-state index contributed by atoms with van der Waals surface area (Å²) < 4.78 is 28.0. The van der Waals surface area contributed by atoms with Crippen LogP contribution >= 0.6 is 22.9 Å². The summed E-state index contributed by atoms with van der Waals surface area (Å²) in [6.07, 6.45) is 0. The summed E-state index contributed by atoms with van der Waals surface area (Å²) in [5.74, 6) is -2.01. The average Bonchev–Trinajstić information content (AvgIpc) is 3.40. The van der Waals surface area contributed by atoms with Gasteiger partial charge in [0.05, 0.1) is 0 Å². The molecule has 0 bridgehead atoms. The molecule has 2 aromatic heterocycles. The summed E-state index contributed by atoms with van der Waals surface area (Å²) >= 11 is 7.25. The largest absolute Gasteiger partial charge is 0.336 e. The molecule has 29 heavy (non-hydrogen) atoms. The van der Waals surface area contributed by atoms with Crippen molar-refractivity contribution in [2.45, 2.75) is 6.04 Å². The maximum Gasteiger partial charge on any atom is 0.271 e. The van der Waals surface area contributed by atoms with Gasteiger partial charge in [-0.3, -0.25) is 4.79 Å². The van der Waals surface area contributed by atoms with E-state index in [1.807, 2.05) is 6.07 Å². The van der Waals surface area contributed by atoms with Crippen LogP contribution in [0, 0.1) is 11.6 Å². The van der Waals surface area contributed by atoms with E-state index in [1.54, 1.807) is 23.6 Å². The summed E-state index contributed by atoms with van der Waals surface area (Å²) in [5, 5.41) is 18.5. The molecule has 4 rings (SSSR count). The van der Waals surface area contributed by atoms with E-state index in [0.29, 0.717) is 10.0 Å². The van der Waals surface area contributed by atoms with Crippen molar-refractivity contribution in [3.8, 4) is 10.6 Å². The molecular formula is C18H11ClF2N6OS. The number of nitrogens with one attached hydrogen (secondary N) is 2. The molecule has 0 saturated heterocycles. The van der Waals surface area contributed by atoms with Crippen LogP contribution in [0.4, 0.5) is 8.78 Å². The van der Waals surface area contributed by atoms with Crippen LogP contribution in [0.25, 0.3) is 10.6 Å². The van der Waals surface area contributed by atoms with Crippen LogP contribution in [0.1, 0.15) is 27.9 Å². The third-order valence-corrected chi connectivity index (χ3v) is 5.10. The zero-order valence-electron chi connectivity index (χ0n) is 14.4. The predicted octanol–water partition coefficient (Wildman–Crippen LogP) is 3.77. The van der Waals surface area contributed by atoms with Gasteiger partial charge in [0.15, 0.2) is 0 Å². The lowest BCUT2D eigenvalue weighted by atomic mass is 10.1. The minimum atomic E-state index is -1.16. The topological polar surface area (TPSA) is 96.5 Å². The summed E-state index contributed by atoms with van der Waals surface area (Å²) in [5.41, 5.74) is 0.729. The molecule has 0 spiro atoms. The second kappa shape index (κ2) is 8.02. The fraction of sp³-hybridized carbons (Fsp3) is 0.0556. The number of carbonyl (C=O) groups is 1. The number of H-pyrrole nitrogens is 1. The van der Waals surface area contributed by atoms with Gasteiger partial charge in [-0.2, -0.15) is 5.21 Å². The SMILES string of the molecule is O=C(N[C@H](c1nn[nH]n1)c1cc(F)ccc1F)c1csc(-c2cccc(Cl)c2)n1. The molecule has 7 nitrogen and oxygen atoms in total. The van der Waals surface area contributed by atoms with Gasteiger partial charge in [0.1, 0.15) is 28.4 Å². The van der Waals surface area contributed by atoms with Gasteiger partial charge in [-0.25, -0.2) is 13.8 Å². The van der Waals surface area contributed by atoms with Crippen molar-refractivity contribution >= 4 is 28.8 Å². The van der Waals surface area contributed by atoms with Crippen LogP contribution in [-0.4, -0.2) is 31.5 Å². The van der Waals surface area contributed by atoms with Gasteiger partial charge in [0.25, 0.3) is 5.91 Å². The van der Waals surface area contributed by atoms with E-state index in [-0.39, 0.29) is 17.1 Å². The third kappa shape index (κ3) is 4.13. The monoisotopic (exact) mass is 432 g/mol. The fourth-order valence-corrected chi connectivity index (χ4v) is 3.63. The zero-order valence-corrected chi connectivity index (χ0v) is 16.0. The van der Waals surface area contributed by atoms with Crippen molar-refractivity contribution in [3.63, 3.8) is 0 Å². The summed E-state index contributed by atoms with van der Waals surface area (Å²) in [4.78, 5) is 17.0. The lowest BCUT2D eigenvalue weighted by Gasteiger charge is -2.16. The van der Waals surface area contributed by atoms with Gasteiger partial charge in [-0.1, -0.05) is 28.9 Å². The molecule has 4 aromatic rings. The van der Waals surface area contributed by atoms with Crippen LogP contribution in [-0.2, 0) is 0 Å². The quantitative estimate of drug-likeness (QED) is 0.500. The minimum Gasteiger partial charge on any atom is -0.336 e. The molecule has 11 heteroatoms. The standard InChI is InChI=1S/C18H11ClF2N6OS/c19-10-3-1-2-9(6-10)18-22-14(8-29-18)17(28)23-15(16-24-26-27-25-16)12-7-11(20)4-5-13(12)21/h1-8,15H,(H,23,28)(H,24,25,26,27)/t15-/m0/s1. The Kier molecular flexibility index (Phi) is 5.28. The Bertz CT molecular complexity index is 1170. The van der Waals surface area contributed by atoms with Crippen molar-refractivity contribution in [1.29, 1.82) is 0 Å². The smallest absolute Gasteiger partial charge is 0.271 e. The number of aromatic nitrogens is 5. The minimum absolute atomic E-state index is 0.0202. The second-order valence-corrected chi connectivity index (χ2v) is 7.19. The molecule has 2 heterocycles. The normalized spacial score (nSPS) is 12.0. The summed E-state index contributed by atoms with van der Waals surface area (Å²) in [6, 6.07) is 8.80. The van der Waals surface area contributed by atoms with E-state index in [9.17, 15) is 13.6 Å². The van der Waals surface area contributed by atoms with Crippen LogP contribution in [0.2, 0.25) is 5.02 Å². The first-order valence-corrected chi connectivity index (χ1v) is 9.47. The molecule has 0 aliphatic rings. The molecule has 0 fully saturated rings. The van der Waals surface area contributed by atoms with E-state index in [0.717, 1.165) is 23.8 Å². The Morgan fingerprint density at radius 2 is 2.07 bits per heavy atom. The highest BCUT2D eigenvalue weighted by atomic mass is 35.5. The number of hydrogen-bond acceptors (Lipinski definition) is 6. The lowest BCUT2D eigenvalue weighted by molar-refractivity contribution is 0.0936. The number of hydrogen-bond donors (Lipinski definition) is 2. The highest BCUT2D eigenvalue weighted by Gasteiger charge is 2.26. The van der Waals surface area contributed by atoms with Crippen LogP contribution in [0.5, 0.6) is 0 Å².